The van der Waals surface area contributed by atoms with Gasteiger partial charge in [0, 0.05) is 52.5 Å². The van der Waals surface area contributed by atoms with Crippen LogP contribution in [0.5, 0.6) is 0 Å². The number of ether oxygens (including phenoxy) is 1. The Balaban J connectivity index is 1.69. The highest BCUT2D eigenvalue weighted by Gasteiger charge is 2.39. The maximum Gasteiger partial charge on any atom is 0.443 e. The third-order valence-corrected chi connectivity index (χ3v) is 6.64. The summed E-state index contributed by atoms with van der Waals surface area (Å²) in [5.74, 6) is 0.452. The molecule has 11 heteroatoms. The highest BCUT2D eigenvalue weighted by atomic mass is 32.1. The van der Waals surface area contributed by atoms with Crippen LogP contribution in [0.4, 0.5) is 29.5 Å². The van der Waals surface area contributed by atoms with Crippen molar-refractivity contribution in [3.8, 4) is 0 Å². The third-order valence-electron chi connectivity index (χ3n) is 5.62. The second-order valence-electron chi connectivity index (χ2n) is 7.77. The molecule has 0 amide bonds. The molecule has 0 unspecified atom stereocenters. The minimum atomic E-state index is -4.52. The largest absolute Gasteiger partial charge is 0.443 e. The number of rotatable bonds is 6. The van der Waals surface area contributed by atoms with Crippen LogP contribution in [-0.2, 0) is 10.9 Å². The van der Waals surface area contributed by atoms with Gasteiger partial charge < -0.3 is 20.1 Å². The lowest BCUT2D eigenvalue weighted by atomic mass is 10.1. The lowest BCUT2D eigenvalue weighted by Gasteiger charge is -2.42. The molecule has 1 saturated heterocycles. The molecule has 1 aromatic heterocycles. The Hall–Kier alpha value is -2.21. The topological polar surface area (TPSA) is 73.2 Å². The van der Waals surface area contributed by atoms with Crippen LogP contribution in [0.2, 0.25) is 0 Å². The minimum absolute atomic E-state index is 0.120. The number of amidine groups is 1. The van der Waals surface area contributed by atoms with E-state index < -0.39 is 11.2 Å². The van der Waals surface area contributed by atoms with E-state index in [0.29, 0.717) is 66.2 Å². The molecule has 0 spiro atoms. The Morgan fingerprint density at radius 2 is 2.09 bits per heavy atom. The smallest absolute Gasteiger partial charge is 0.396 e. The molecule has 7 nitrogen and oxygen atoms in total. The zero-order valence-electron chi connectivity index (χ0n) is 17.7. The summed E-state index contributed by atoms with van der Waals surface area (Å²) in [4.78, 5) is 13.1. The molecule has 0 saturated carbocycles. The second kappa shape index (κ2) is 9.74. The normalized spacial score (nSPS) is 19.1. The lowest BCUT2D eigenvalue weighted by molar-refractivity contribution is -0.137. The van der Waals surface area contributed by atoms with Crippen LogP contribution in [0, 0.1) is 0 Å². The van der Waals surface area contributed by atoms with E-state index in [9.17, 15) is 18.3 Å². The van der Waals surface area contributed by atoms with Gasteiger partial charge in [0.15, 0.2) is 5.84 Å². The molecular formula is C21H26F3N5O2S. The maximum atomic E-state index is 13.4. The van der Waals surface area contributed by atoms with Crippen LogP contribution in [-0.4, -0.2) is 78.3 Å². The number of aromatic nitrogens is 1. The first-order chi connectivity index (χ1) is 15.4. The standard InChI is InChI=1S/C21H26F3N5O2S/c1-31-12-7-14-13-29(10-9-28(14)8-4-11-30)18-17-19(32-20(27-17)21(22,23)24)26-16-6-3-2-5-15(16)25-18/h2-3,5-6,14,26,30H,4,7-13H2,1H3/t14-/m0/s1. The fourth-order valence-electron chi connectivity index (χ4n) is 4.05. The Labute approximate surface area is 188 Å². The van der Waals surface area contributed by atoms with Crippen molar-refractivity contribution in [2.24, 2.45) is 4.99 Å². The van der Waals surface area contributed by atoms with Crippen molar-refractivity contribution in [1.29, 1.82) is 0 Å². The van der Waals surface area contributed by atoms with Gasteiger partial charge in [0.25, 0.3) is 0 Å². The third kappa shape index (κ3) is 4.90. The lowest BCUT2D eigenvalue weighted by Crippen LogP contribution is -2.55. The van der Waals surface area contributed by atoms with Gasteiger partial charge in [-0.3, -0.25) is 4.90 Å². The summed E-state index contributed by atoms with van der Waals surface area (Å²) in [6.45, 7) is 3.37. The molecule has 1 atom stereocenters. The number of thiazole rings is 1. The van der Waals surface area contributed by atoms with Crippen LogP contribution in [0.15, 0.2) is 29.3 Å². The molecule has 0 aliphatic carbocycles. The van der Waals surface area contributed by atoms with Crippen LogP contribution in [0.25, 0.3) is 0 Å². The number of halogens is 3. The van der Waals surface area contributed by atoms with Gasteiger partial charge in [0.2, 0.25) is 5.01 Å². The van der Waals surface area contributed by atoms with E-state index in [2.05, 4.69) is 15.2 Å². The number of alkyl halides is 3. The van der Waals surface area contributed by atoms with Crippen LogP contribution >= 0.6 is 11.3 Å². The van der Waals surface area contributed by atoms with E-state index in [1.165, 1.54) is 0 Å². The van der Waals surface area contributed by atoms with Gasteiger partial charge in [-0.2, -0.15) is 13.2 Å². The molecule has 1 fully saturated rings. The molecule has 32 heavy (non-hydrogen) atoms. The quantitative estimate of drug-likeness (QED) is 0.672. The molecule has 2 N–H and O–H groups in total. The monoisotopic (exact) mass is 469 g/mol. The van der Waals surface area contributed by atoms with Crippen molar-refractivity contribution in [2.45, 2.75) is 25.1 Å². The number of aliphatic hydroxyl groups is 1. The predicted molar refractivity (Wildman–Crippen MR) is 118 cm³/mol. The molecule has 4 rings (SSSR count). The first kappa shape index (κ1) is 23.0. The van der Waals surface area contributed by atoms with Crippen molar-refractivity contribution >= 4 is 33.5 Å². The number of fused-ring (bicyclic) bond motifs is 2. The van der Waals surface area contributed by atoms with E-state index in [-0.39, 0.29) is 18.3 Å². The Bertz CT molecular complexity index is 965. The number of para-hydroxylation sites is 2. The van der Waals surface area contributed by atoms with E-state index in [4.69, 9.17) is 9.73 Å². The van der Waals surface area contributed by atoms with E-state index in [1.807, 2.05) is 23.1 Å². The number of benzene rings is 1. The van der Waals surface area contributed by atoms with Gasteiger partial charge in [-0.25, -0.2) is 9.98 Å². The summed E-state index contributed by atoms with van der Waals surface area (Å²) in [6, 6.07) is 7.44. The molecule has 174 valence electrons. The van der Waals surface area contributed by atoms with Crippen molar-refractivity contribution in [3.63, 3.8) is 0 Å². The second-order valence-corrected chi connectivity index (χ2v) is 8.77. The van der Waals surface area contributed by atoms with Crippen LogP contribution < -0.4 is 5.32 Å². The Morgan fingerprint density at radius 3 is 2.84 bits per heavy atom. The summed E-state index contributed by atoms with van der Waals surface area (Å²) in [7, 11) is 1.65. The first-order valence-electron chi connectivity index (χ1n) is 10.5. The van der Waals surface area contributed by atoms with Gasteiger partial charge in [-0.05, 0) is 25.0 Å². The van der Waals surface area contributed by atoms with Crippen molar-refractivity contribution in [2.75, 3.05) is 51.8 Å². The minimum Gasteiger partial charge on any atom is -0.396 e. The van der Waals surface area contributed by atoms with Gasteiger partial charge in [-0.1, -0.05) is 23.5 Å². The number of aliphatic imine (C=N–C) groups is 1. The summed E-state index contributed by atoms with van der Waals surface area (Å²) >= 11 is 0.600. The zero-order valence-corrected chi connectivity index (χ0v) is 18.5. The number of aliphatic hydroxyl groups excluding tert-OH is 1. The van der Waals surface area contributed by atoms with E-state index in [1.54, 1.807) is 13.2 Å². The predicted octanol–water partition coefficient (Wildman–Crippen LogP) is 3.70. The van der Waals surface area contributed by atoms with Crippen LogP contribution in [0.3, 0.4) is 0 Å². The number of nitrogens with zero attached hydrogens (tertiary/aromatic N) is 4. The van der Waals surface area contributed by atoms with Gasteiger partial charge in [-0.15, -0.1) is 0 Å². The Kier molecular flexibility index (Phi) is 6.99. The van der Waals surface area contributed by atoms with E-state index in [0.717, 1.165) is 13.0 Å². The van der Waals surface area contributed by atoms with Crippen molar-refractivity contribution in [1.82, 2.24) is 14.8 Å². The highest BCUT2D eigenvalue weighted by Crippen LogP contribution is 2.42. The maximum absolute atomic E-state index is 13.4. The molecule has 2 aromatic rings. The molecule has 0 bridgehead atoms. The number of piperazine rings is 1. The van der Waals surface area contributed by atoms with Gasteiger partial charge in [0.05, 0.1) is 11.4 Å². The Morgan fingerprint density at radius 1 is 1.28 bits per heavy atom. The average Bonchev–Trinajstić information content (AvgIpc) is 3.13. The number of anilines is 2. The number of methoxy groups -OCH3 is 1. The van der Waals surface area contributed by atoms with Gasteiger partial charge >= 0.3 is 6.18 Å². The fourth-order valence-corrected chi connectivity index (χ4v) is 4.89. The first-order valence-corrected chi connectivity index (χ1v) is 11.3. The zero-order chi connectivity index (χ0) is 22.7. The summed E-state index contributed by atoms with van der Waals surface area (Å²) in [5, 5.41) is 11.8. The molecule has 0 radical (unpaired) electrons. The SMILES string of the molecule is COCC[C@H]1CN(C2=Nc3ccccc3Nc3sc(C(F)(F)F)nc32)CCN1CCCO. The summed E-state index contributed by atoms with van der Waals surface area (Å²) in [5.41, 5.74) is 1.55. The number of hydrogen-bond donors (Lipinski definition) is 2. The fraction of sp³-hybridized carbons (Fsp3) is 0.524. The van der Waals surface area contributed by atoms with E-state index >= 15 is 0 Å². The van der Waals surface area contributed by atoms with Crippen molar-refractivity contribution in [3.05, 3.63) is 35.0 Å². The molecule has 2 aliphatic heterocycles. The number of hydrogen-bond acceptors (Lipinski definition) is 8. The molecule has 2 aliphatic rings. The highest BCUT2D eigenvalue weighted by molar-refractivity contribution is 7.16. The summed E-state index contributed by atoms with van der Waals surface area (Å²) in [6.07, 6.45) is -3.07. The molecular weight excluding hydrogens is 443 g/mol. The van der Waals surface area contributed by atoms with Crippen molar-refractivity contribution < 1.29 is 23.0 Å². The molecule has 1 aromatic carbocycles. The number of nitrogens with one attached hydrogen (secondary N) is 1. The van der Waals surface area contributed by atoms with Gasteiger partial charge in [0.1, 0.15) is 10.7 Å². The average molecular weight is 470 g/mol. The van der Waals surface area contributed by atoms with Crippen LogP contribution in [0.1, 0.15) is 23.5 Å². The summed E-state index contributed by atoms with van der Waals surface area (Å²) < 4.78 is 45.6. The molecule has 3 heterocycles.